The number of hydrogen-bond donors (Lipinski definition) is 2. The van der Waals surface area contributed by atoms with E-state index in [1.807, 2.05) is 0 Å². The van der Waals surface area contributed by atoms with Crippen LogP contribution in [0.3, 0.4) is 0 Å². The molecule has 0 aromatic rings. The predicted octanol–water partition coefficient (Wildman–Crippen LogP) is 2.17. The molecule has 0 aliphatic carbocycles. The molecule has 1 fully saturated rings. The quantitative estimate of drug-likeness (QED) is 0.327. The topological polar surface area (TPSA) is 61.8 Å². The van der Waals surface area contributed by atoms with E-state index in [-0.39, 0.29) is 6.04 Å². The third kappa shape index (κ3) is 3.11. The Bertz CT molecular complexity index is 228. The van der Waals surface area contributed by atoms with Crippen LogP contribution in [-0.2, 0) is 0 Å². The van der Waals surface area contributed by atoms with Gasteiger partial charge >= 0.3 is 0 Å². The molecule has 1 aliphatic rings. The Kier molecular flexibility index (Phi) is 5.60. The molecule has 1 aliphatic heterocycles. The van der Waals surface area contributed by atoms with Crippen molar-refractivity contribution >= 4 is 5.84 Å². The average Bonchev–Trinajstić information content (AvgIpc) is 2.32. The van der Waals surface area contributed by atoms with Crippen LogP contribution in [0.1, 0.15) is 52.4 Å². The van der Waals surface area contributed by atoms with Crippen LogP contribution in [0.4, 0.5) is 0 Å². The van der Waals surface area contributed by atoms with Crippen molar-refractivity contribution in [1.29, 1.82) is 0 Å². The largest absolute Gasteiger partial charge is 0.409 e. The van der Waals surface area contributed by atoms with Crippen molar-refractivity contribution in [3.8, 4) is 0 Å². The first-order chi connectivity index (χ1) is 7.74. The minimum absolute atomic E-state index is 0.113. The third-order valence-electron chi connectivity index (χ3n) is 3.54. The molecule has 2 unspecified atom stereocenters. The van der Waals surface area contributed by atoms with Gasteiger partial charge in [0.25, 0.3) is 0 Å². The molecule has 0 saturated carbocycles. The zero-order chi connectivity index (χ0) is 12.0. The molecule has 1 saturated heterocycles. The number of likely N-dealkylation sites (tertiary alicyclic amines) is 1. The van der Waals surface area contributed by atoms with Crippen LogP contribution >= 0.6 is 0 Å². The number of rotatable bonds is 5. The lowest BCUT2D eigenvalue weighted by atomic mass is 9.95. The van der Waals surface area contributed by atoms with Gasteiger partial charge in [-0.15, -0.1) is 0 Å². The molecule has 4 nitrogen and oxygen atoms in total. The van der Waals surface area contributed by atoms with Crippen LogP contribution in [0.5, 0.6) is 0 Å². The molecule has 0 aromatic heterocycles. The second kappa shape index (κ2) is 6.74. The fourth-order valence-electron chi connectivity index (χ4n) is 2.76. The molecule has 0 bridgehead atoms. The highest BCUT2D eigenvalue weighted by Crippen LogP contribution is 2.24. The van der Waals surface area contributed by atoms with Gasteiger partial charge in [-0.3, -0.25) is 4.90 Å². The molecular formula is C12H25N3O. The summed E-state index contributed by atoms with van der Waals surface area (Å²) in [5.41, 5.74) is 5.78. The Morgan fingerprint density at radius 1 is 1.50 bits per heavy atom. The van der Waals surface area contributed by atoms with Crippen molar-refractivity contribution in [2.24, 2.45) is 10.9 Å². The molecule has 0 spiro atoms. The summed E-state index contributed by atoms with van der Waals surface area (Å²) in [5, 5.41) is 12.0. The molecule has 4 heteroatoms. The molecule has 2 atom stereocenters. The predicted molar refractivity (Wildman–Crippen MR) is 66.7 cm³/mol. The van der Waals surface area contributed by atoms with Gasteiger partial charge in [-0.05, 0) is 32.2 Å². The Hall–Kier alpha value is -0.770. The first-order valence-corrected chi connectivity index (χ1v) is 6.47. The second-order valence-electron chi connectivity index (χ2n) is 4.63. The van der Waals surface area contributed by atoms with E-state index >= 15 is 0 Å². The minimum Gasteiger partial charge on any atom is -0.409 e. The Labute approximate surface area is 98.5 Å². The van der Waals surface area contributed by atoms with Gasteiger partial charge in [0.15, 0.2) is 5.84 Å². The first kappa shape index (κ1) is 13.3. The van der Waals surface area contributed by atoms with Crippen LogP contribution in [0.15, 0.2) is 5.16 Å². The van der Waals surface area contributed by atoms with E-state index in [1.54, 1.807) is 0 Å². The van der Waals surface area contributed by atoms with Crippen molar-refractivity contribution in [3.05, 3.63) is 0 Å². The maximum Gasteiger partial charge on any atom is 0.156 e. The van der Waals surface area contributed by atoms with Gasteiger partial charge in [0, 0.05) is 6.04 Å². The highest BCUT2D eigenvalue weighted by Gasteiger charge is 2.29. The van der Waals surface area contributed by atoms with Crippen molar-refractivity contribution in [3.63, 3.8) is 0 Å². The Morgan fingerprint density at radius 2 is 2.25 bits per heavy atom. The lowest BCUT2D eigenvalue weighted by Crippen LogP contribution is -2.51. The van der Waals surface area contributed by atoms with Gasteiger partial charge in [0.2, 0.25) is 0 Å². The van der Waals surface area contributed by atoms with Gasteiger partial charge in [-0.2, -0.15) is 0 Å². The number of amidine groups is 1. The zero-order valence-electron chi connectivity index (χ0n) is 10.5. The zero-order valence-corrected chi connectivity index (χ0v) is 10.5. The molecule has 0 aromatic carbocycles. The fraction of sp³-hybridized carbons (Fsp3) is 0.917. The van der Waals surface area contributed by atoms with E-state index in [0.29, 0.717) is 11.9 Å². The standard InChI is InChI=1S/C12H25N3O/c1-3-7-10-8-5-6-9-15(10)11(4-2)12(13)14-16/h10-11,16H,3-9H2,1-2H3,(H2,13,14). The smallest absolute Gasteiger partial charge is 0.156 e. The highest BCUT2D eigenvalue weighted by molar-refractivity contribution is 5.85. The summed E-state index contributed by atoms with van der Waals surface area (Å²) < 4.78 is 0. The molecule has 0 radical (unpaired) electrons. The number of hydrogen-bond acceptors (Lipinski definition) is 3. The SMILES string of the molecule is CCCC1CCCCN1C(CC)C(N)=NO. The fourth-order valence-corrected chi connectivity index (χ4v) is 2.76. The van der Waals surface area contributed by atoms with Crippen molar-refractivity contribution in [2.75, 3.05) is 6.54 Å². The minimum atomic E-state index is 0.113. The molecule has 1 heterocycles. The number of oxime groups is 1. The summed E-state index contributed by atoms with van der Waals surface area (Å²) in [6.07, 6.45) is 7.13. The summed E-state index contributed by atoms with van der Waals surface area (Å²) in [5.74, 6) is 0.366. The lowest BCUT2D eigenvalue weighted by molar-refractivity contribution is 0.113. The molecule has 0 amide bonds. The molecule has 1 rings (SSSR count). The number of nitrogens with two attached hydrogens (primary N) is 1. The summed E-state index contributed by atoms with van der Waals surface area (Å²) >= 11 is 0. The highest BCUT2D eigenvalue weighted by atomic mass is 16.4. The van der Waals surface area contributed by atoms with E-state index in [2.05, 4.69) is 23.9 Å². The molecule has 3 N–H and O–H groups in total. The third-order valence-corrected chi connectivity index (χ3v) is 3.54. The van der Waals surface area contributed by atoms with Crippen LogP contribution in [0.25, 0.3) is 0 Å². The van der Waals surface area contributed by atoms with Gasteiger partial charge < -0.3 is 10.9 Å². The molecule has 94 valence electrons. The van der Waals surface area contributed by atoms with Gasteiger partial charge in [0.1, 0.15) is 0 Å². The van der Waals surface area contributed by atoms with Crippen molar-refractivity contribution in [2.45, 2.75) is 64.5 Å². The maximum absolute atomic E-state index is 8.82. The summed E-state index contributed by atoms with van der Waals surface area (Å²) in [6.45, 7) is 5.40. The maximum atomic E-state index is 8.82. The van der Waals surface area contributed by atoms with Crippen LogP contribution in [-0.4, -0.2) is 34.6 Å². The summed E-state index contributed by atoms with van der Waals surface area (Å²) in [6, 6.07) is 0.728. The van der Waals surface area contributed by atoms with Crippen LogP contribution < -0.4 is 5.73 Å². The van der Waals surface area contributed by atoms with Gasteiger partial charge in [-0.1, -0.05) is 31.8 Å². The Balaban J connectivity index is 2.71. The number of nitrogens with zero attached hydrogens (tertiary/aromatic N) is 2. The van der Waals surface area contributed by atoms with Crippen molar-refractivity contribution in [1.82, 2.24) is 4.90 Å². The van der Waals surface area contributed by atoms with E-state index in [4.69, 9.17) is 10.9 Å². The molecular weight excluding hydrogens is 202 g/mol. The Morgan fingerprint density at radius 3 is 2.81 bits per heavy atom. The first-order valence-electron chi connectivity index (χ1n) is 6.47. The van der Waals surface area contributed by atoms with Crippen LogP contribution in [0, 0.1) is 0 Å². The average molecular weight is 227 g/mol. The molecule has 16 heavy (non-hydrogen) atoms. The second-order valence-corrected chi connectivity index (χ2v) is 4.63. The van der Waals surface area contributed by atoms with Gasteiger partial charge in [0.05, 0.1) is 6.04 Å². The van der Waals surface area contributed by atoms with Crippen molar-refractivity contribution < 1.29 is 5.21 Å². The monoisotopic (exact) mass is 227 g/mol. The van der Waals surface area contributed by atoms with Gasteiger partial charge in [-0.25, -0.2) is 0 Å². The number of piperidine rings is 1. The summed E-state index contributed by atoms with van der Waals surface area (Å²) in [7, 11) is 0. The normalized spacial score (nSPS) is 25.6. The van der Waals surface area contributed by atoms with E-state index in [9.17, 15) is 0 Å². The summed E-state index contributed by atoms with van der Waals surface area (Å²) in [4.78, 5) is 2.43. The van der Waals surface area contributed by atoms with E-state index in [1.165, 1.54) is 32.1 Å². The van der Waals surface area contributed by atoms with E-state index in [0.717, 1.165) is 13.0 Å². The van der Waals surface area contributed by atoms with Crippen LogP contribution in [0.2, 0.25) is 0 Å². The van der Waals surface area contributed by atoms with E-state index < -0.39 is 0 Å². The lowest BCUT2D eigenvalue weighted by Gasteiger charge is -2.40.